The van der Waals surface area contributed by atoms with Gasteiger partial charge in [0.15, 0.2) is 0 Å². The molecule has 1 aliphatic rings. The van der Waals surface area contributed by atoms with Crippen molar-refractivity contribution in [2.75, 3.05) is 26.2 Å². The summed E-state index contributed by atoms with van der Waals surface area (Å²) in [5.74, 6) is 0. The van der Waals surface area contributed by atoms with Gasteiger partial charge < -0.3 is 10.1 Å². The molecule has 3 nitrogen and oxygen atoms in total. The van der Waals surface area contributed by atoms with Crippen LogP contribution in [-0.2, 0) is 17.7 Å². The molecule has 118 valence electrons. The first-order valence-electron chi connectivity index (χ1n) is 8.18. The smallest absolute Gasteiger partial charge is 0.0757 e. The first-order valence-corrected chi connectivity index (χ1v) is 8.18. The first kappa shape index (κ1) is 16.5. The van der Waals surface area contributed by atoms with E-state index in [0.717, 1.165) is 39.1 Å². The van der Waals surface area contributed by atoms with E-state index in [1.807, 2.05) is 0 Å². The zero-order valence-corrected chi connectivity index (χ0v) is 14.0. The SMILES string of the molecule is CCNCCc1ccccc1CN1CC(C)OC(C)(C)C1. The normalized spacial score (nSPS) is 22.4. The average molecular weight is 290 g/mol. The zero-order chi connectivity index (χ0) is 15.3. The van der Waals surface area contributed by atoms with E-state index in [9.17, 15) is 0 Å². The molecule has 3 heteroatoms. The molecule has 0 saturated carbocycles. The predicted octanol–water partition coefficient (Wildman–Crippen LogP) is 2.84. The Hall–Kier alpha value is -0.900. The molecule has 0 amide bonds. The highest BCUT2D eigenvalue weighted by atomic mass is 16.5. The van der Waals surface area contributed by atoms with E-state index >= 15 is 0 Å². The Morgan fingerprint density at radius 3 is 2.67 bits per heavy atom. The number of hydrogen-bond donors (Lipinski definition) is 1. The number of rotatable bonds is 6. The van der Waals surface area contributed by atoms with E-state index in [0.29, 0.717) is 6.10 Å². The quantitative estimate of drug-likeness (QED) is 0.815. The average Bonchev–Trinajstić information content (AvgIpc) is 2.38. The van der Waals surface area contributed by atoms with Gasteiger partial charge in [0, 0.05) is 19.6 Å². The predicted molar refractivity (Wildman–Crippen MR) is 88.6 cm³/mol. The number of ether oxygens (including phenoxy) is 1. The van der Waals surface area contributed by atoms with Crippen LogP contribution in [0, 0.1) is 0 Å². The van der Waals surface area contributed by atoms with Gasteiger partial charge in [0.2, 0.25) is 0 Å². The van der Waals surface area contributed by atoms with Crippen molar-refractivity contribution in [2.24, 2.45) is 0 Å². The van der Waals surface area contributed by atoms with Gasteiger partial charge in [-0.25, -0.2) is 0 Å². The summed E-state index contributed by atoms with van der Waals surface area (Å²) in [7, 11) is 0. The van der Waals surface area contributed by atoms with Crippen molar-refractivity contribution in [1.82, 2.24) is 10.2 Å². The van der Waals surface area contributed by atoms with Crippen LogP contribution >= 0.6 is 0 Å². The second-order valence-corrected chi connectivity index (χ2v) is 6.73. The van der Waals surface area contributed by atoms with Gasteiger partial charge in [-0.3, -0.25) is 4.90 Å². The Morgan fingerprint density at radius 1 is 1.29 bits per heavy atom. The third-order valence-corrected chi connectivity index (χ3v) is 3.97. The van der Waals surface area contributed by atoms with Crippen LogP contribution in [0.25, 0.3) is 0 Å². The maximum atomic E-state index is 6.00. The van der Waals surface area contributed by atoms with Gasteiger partial charge >= 0.3 is 0 Å². The zero-order valence-electron chi connectivity index (χ0n) is 14.0. The highest BCUT2D eigenvalue weighted by Gasteiger charge is 2.31. The second-order valence-electron chi connectivity index (χ2n) is 6.73. The summed E-state index contributed by atoms with van der Waals surface area (Å²) in [6, 6.07) is 8.84. The van der Waals surface area contributed by atoms with E-state index in [2.05, 4.69) is 62.2 Å². The fraction of sp³-hybridized carbons (Fsp3) is 0.667. The van der Waals surface area contributed by atoms with E-state index in [4.69, 9.17) is 4.74 Å². The molecule has 1 aromatic carbocycles. The highest BCUT2D eigenvalue weighted by molar-refractivity contribution is 5.27. The molecule has 1 aliphatic heterocycles. The van der Waals surface area contributed by atoms with Crippen LogP contribution in [0.2, 0.25) is 0 Å². The lowest BCUT2D eigenvalue weighted by Crippen LogP contribution is -2.51. The molecule has 21 heavy (non-hydrogen) atoms. The van der Waals surface area contributed by atoms with Gasteiger partial charge in [-0.05, 0) is 51.4 Å². The van der Waals surface area contributed by atoms with E-state index in [1.54, 1.807) is 0 Å². The minimum atomic E-state index is -0.0453. The van der Waals surface area contributed by atoms with E-state index in [1.165, 1.54) is 11.1 Å². The molecule has 2 rings (SSSR count). The molecule has 0 radical (unpaired) electrons. The van der Waals surface area contributed by atoms with Crippen molar-refractivity contribution in [1.29, 1.82) is 0 Å². The lowest BCUT2D eigenvalue weighted by molar-refractivity contribution is -0.130. The van der Waals surface area contributed by atoms with Crippen molar-refractivity contribution in [3.8, 4) is 0 Å². The standard InChI is InChI=1S/C18H30N2O/c1-5-19-11-10-16-8-6-7-9-17(16)13-20-12-15(2)21-18(3,4)14-20/h6-9,15,19H,5,10-14H2,1-4H3. The van der Waals surface area contributed by atoms with Crippen molar-refractivity contribution in [3.63, 3.8) is 0 Å². The van der Waals surface area contributed by atoms with Gasteiger partial charge in [0.25, 0.3) is 0 Å². The summed E-state index contributed by atoms with van der Waals surface area (Å²) < 4.78 is 6.00. The molecule has 0 bridgehead atoms. The van der Waals surface area contributed by atoms with Crippen LogP contribution in [0.3, 0.4) is 0 Å². The third kappa shape index (κ3) is 5.10. The molecule has 1 saturated heterocycles. The number of morpholine rings is 1. The minimum Gasteiger partial charge on any atom is -0.370 e. The van der Waals surface area contributed by atoms with Crippen molar-refractivity contribution >= 4 is 0 Å². The summed E-state index contributed by atoms with van der Waals surface area (Å²) in [5, 5.41) is 3.41. The molecule has 1 heterocycles. The lowest BCUT2D eigenvalue weighted by atomic mass is 10.0. The number of likely N-dealkylation sites (N-methyl/N-ethyl adjacent to an activating group) is 1. The van der Waals surface area contributed by atoms with Gasteiger partial charge in [-0.15, -0.1) is 0 Å². The Balaban J connectivity index is 2.01. The monoisotopic (exact) mass is 290 g/mol. The van der Waals surface area contributed by atoms with Gasteiger partial charge in [-0.1, -0.05) is 31.2 Å². The third-order valence-electron chi connectivity index (χ3n) is 3.97. The van der Waals surface area contributed by atoms with Crippen LogP contribution in [-0.4, -0.2) is 42.8 Å². The van der Waals surface area contributed by atoms with Crippen LogP contribution in [0.1, 0.15) is 38.8 Å². The van der Waals surface area contributed by atoms with Crippen LogP contribution < -0.4 is 5.32 Å². The number of nitrogens with zero attached hydrogens (tertiary/aromatic N) is 1. The van der Waals surface area contributed by atoms with Crippen molar-refractivity contribution < 1.29 is 4.74 Å². The number of hydrogen-bond acceptors (Lipinski definition) is 3. The molecule has 0 aromatic heterocycles. The van der Waals surface area contributed by atoms with Crippen LogP contribution in [0.4, 0.5) is 0 Å². The molecular weight excluding hydrogens is 260 g/mol. The van der Waals surface area contributed by atoms with E-state index < -0.39 is 0 Å². The Morgan fingerprint density at radius 2 is 2.00 bits per heavy atom. The van der Waals surface area contributed by atoms with Crippen LogP contribution in [0.15, 0.2) is 24.3 Å². The van der Waals surface area contributed by atoms with Gasteiger partial charge in [0.05, 0.1) is 11.7 Å². The molecule has 0 spiro atoms. The largest absolute Gasteiger partial charge is 0.370 e. The summed E-state index contributed by atoms with van der Waals surface area (Å²) in [5.41, 5.74) is 2.88. The first-order chi connectivity index (χ1) is 10.00. The Bertz CT molecular complexity index is 445. The molecule has 0 aliphatic carbocycles. The summed E-state index contributed by atoms with van der Waals surface area (Å²) >= 11 is 0. The molecular formula is C18H30N2O. The molecule has 1 fully saturated rings. The molecule has 1 unspecified atom stereocenters. The fourth-order valence-electron chi connectivity index (χ4n) is 3.30. The van der Waals surface area contributed by atoms with Gasteiger partial charge in [0.1, 0.15) is 0 Å². The minimum absolute atomic E-state index is 0.0453. The topological polar surface area (TPSA) is 24.5 Å². The Kier molecular flexibility index (Phi) is 5.80. The van der Waals surface area contributed by atoms with Crippen molar-refractivity contribution in [3.05, 3.63) is 35.4 Å². The Labute approximate surface area is 129 Å². The summed E-state index contributed by atoms with van der Waals surface area (Å²) in [6.45, 7) is 13.8. The van der Waals surface area contributed by atoms with Crippen LogP contribution in [0.5, 0.6) is 0 Å². The maximum Gasteiger partial charge on any atom is 0.0757 e. The molecule has 1 aromatic rings. The summed E-state index contributed by atoms with van der Waals surface area (Å²) in [4.78, 5) is 2.53. The van der Waals surface area contributed by atoms with E-state index in [-0.39, 0.29) is 5.60 Å². The number of benzene rings is 1. The molecule has 1 N–H and O–H groups in total. The fourth-order valence-corrected chi connectivity index (χ4v) is 3.30. The highest BCUT2D eigenvalue weighted by Crippen LogP contribution is 2.23. The van der Waals surface area contributed by atoms with Gasteiger partial charge in [-0.2, -0.15) is 0 Å². The number of nitrogens with one attached hydrogen (secondary N) is 1. The lowest BCUT2D eigenvalue weighted by Gasteiger charge is -2.42. The maximum absolute atomic E-state index is 6.00. The molecule has 1 atom stereocenters. The van der Waals surface area contributed by atoms with Crippen molar-refractivity contribution in [2.45, 2.75) is 52.4 Å². The second kappa shape index (κ2) is 7.39. The summed E-state index contributed by atoms with van der Waals surface area (Å²) in [6.07, 6.45) is 1.41.